The number of hydrogen-bond donors (Lipinski definition) is 1. The van der Waals surface area contributed by atoms with Crippen LogP contribution in [0, 0.1) is 5.82 Å². The molecular weight excluding hydrogens is 355 g/mol. The van der Waals surface area contributed by atoms with Crippen LogP contribution < -0.4 is 10.1 Å². The smallest absolute Gasteiger partial charge is 0.223 e. The van der Waals surface area contributed by atoms with Crippen LogP contribution in [0.2, 0.25) is 0 Å². The lowest BCUT2D eigenvalue weighted by atomic mass is 10.2. The summed E-state index contributed by atoms with van der Waals surface area (Å²) in [5, 5.41) is 5.34. The minimum atomic E-state index is -0.317. The summed E-state index contributed by atoms with van der Waals surface area (Å²) in [5.74, 6) is -0.142. The van der Waals surface area contributed by atoms with Gasteiger partial charge in [0.15, 0.2) is 16.7 Å². The van der Waals surface area contributed by atoms with Crippen molar-refractivity contribution in [3.63, 3.8) is 0 Å². The maximum atomic E-state index is 13.8. The van der Waals surface area contributed by atoms with E-state index >= 15 is 0 Å². The zero-order valence-corrected chi connectivity index (χ0v) is 15.8. The zero-order valence-electron chi connectivity index (χ0n) is 15.0. The molecule has 2 heterocycles. The van der Waals surface area contributed by atoms with Crippen LogP contribution in [-0.4, -0.2) is 54.0 Å². The minimum Gasteiger partial charge on any atom is -0.494 e. The van der Waals surface area contributed by atoms with Crippen LogP contribution in [0.3, 0.4) is 0 Å². The van der Waals surface area contributed by atoms with E-state index in [-0.39, 0.29) is 17.5 Å². The average molecular weight is 378 g/mol. The Morgan fingerprint density at radius 3 is 2.58 bits per heavy atom. The summed E-state index contributed by atoms with van der Waals surface area (Å²) < 4.78 is 18.8. The Bertz CT molecular complexity index is 759. The van der Waals surface area contributed by atoms with Gasteiger partial charge in [0.2, 0.25) is 5.91 Å². The van der Waals surface area contributed by atoms with Crippen molar-refractivity contribution in [2.75, 3.05) is 38.6 Å². The quantitative estimate of drug-likeness (QED) is 0.837. The number of hydrogen-bond acceptors (Lipinski definition) is 6. The first kappa shape index (κ1) is 18.8. The number of nitrogens with zero attached hydrogens (tertiary/aromatic N) is 3. The summed E-state index contributed by atoms with van der Waals surface area (Å²) >= 11 is 1.45. The number of carbonyl (C=O) groups excluding carboxylic acids is 1. The Balaban J connectivity index is 1.47. The Morgan fingerprint density at radius 1 is 1.27 bits per heavy atom. The molecule has 8 heteroatoms. The molecule has 1 N–H and O–H groups in total. The van der Waals surface area contributed by atoms with Gasteiger partial charge in [-0.25, -0.2) is 9.37 Å². The predicted octanol–water partition coefficient (Wildman–Crippen LogP) is 2.57. The van der Waals surface area contributed by atoms with E-state index in [0.717, 1.165) is 50.5 Å². The van der Waals surface area contributed by atoms with E-state index in [1.54, 1.807) is 12.1 Å². The molecule has 0 saturated carbocycles. The van der Waals surface area contributed by atoms with Crippen molar-refractivity contribution in [3.05, 3.63) is 40.7 Å². The second-order valence-corrected chi connectivity index (χ2v) is 7.20. The number of benzene rings is 1. The fourth-order valence-corrected chi connectivity index (χ4v) is 3.74. The number of piperazine rings is 1. The molecule has 2 aromatic rings. The van der Waals surface area contributed by atoms with Gasteiger partial charge in [0, 0.05) is 51.6 Å². The highest BCUT2D eigenvalue weighted by atomic mass is 32.1. The van der Waals surface area contributed by atoms with Crippen molar-refractivity contribution in [3.8, 4) is 5.75 Å². The highest BCUT2D eigenvalue weighted by Crippen LogP contribution is 2.20. The van der Waals surface area contributed by atoms with Gasteiger partial charge in [0.25, 0.3) is 0 Å². The topological polar surface area (TPSA) is 57.7 Å². The van der Waals surface area contributed by atoms with Gasteiger partial charge in [-0.3, -0.25) is 14.6 Å². The first-order valence-electron chi connectivity index (χ1n) is 8.52. The summed E-state index contributed by atoms with van der Waals surface area (Å²) in [6.45, 7) is 6.72. The highest BCUT2D eigenvalue weighted by molar-refractivity contribution is 7.13. The van der Waals surface area contributed by atoms with Crippen LogP contribution in [0.4, 0.5) is 9.52 Å². The van der Waals surface area contributed by atoms with Crippen LogP contribution in [0.5, 0.6) is 5.75 Å². The Hall–Kier alpha value is -2.03. The number of ether oxygens (including phenoxy) is 1. The molecule has 0 bridgehead atoms. The molecule has 0 aliphatic carbocycles. The summed E-state index contributed by atoms with van der Waals surface area (Å²) in [4.78, 5) is 20.2. The monoisotopic (exact) mass is 378 g/mol. The largest absolute Gasteiger partial charge is 0.494 e. The first-order valence-corrected chi connectivity index (χ1v) is 9.40. The molecular formula is C18H23FN4O2S. The summed E-state index contributed by atoms with van der Waals surface area (Å²) in [6, 6.07) is 5.13. The molecule has 0 atom stereocenters. The average Bonchev–Trinajstić information content (AvgIpc) is 3.03. The molecule has 1 amide bonds. The van der Waals surface area contributed by atoms with Crippen molar-refractivity contribution < 1.29 is 13.9 Å². The van der Waals surface area contributed by atoms with E-state index in [4.69, 9.17) is 4.74 Å². The fraction of sp³-hybridized carbons (Fsp3) is 0.444. The lowest BCUT2D eigenvalue weighted by Gasteiger charge is -2.34. The molecule has 6 nitrogen and oxygen atoms in total. The lowest BCUT2D eigenvalue weighted by molar-refractivity contribution is -0.114. The van der Waals surface area contributed by atoms with E-state index in [9.17, 15) is 9.18 Å². The van der Waals surface area contributed by atoms with Crippen LogP contribution >= 0.6 is 11.3 Å². The predicted molar refractivity (Wildman–Crippen MR) is 99.9 cm³/mol. The molecule has 0 unspecified atom stereocenters. The second-order valence-electron chi connectivity index (χ2n) is 6.35. The Kier molecular flexibility index (Phi) is 6.18. The minimum absolute atomic E-state index is 0.102. The number of thiazole rings is 1. The Morgan fingerprint density at radius 2 is 1.96 bits per heavy atom. The number of anilines is 1. The van der Waals surface area contributed by atoms with Gasteiger partial charge in [-0.05, 0) is 17.7 Å². The van der Waals surface area contributed by atoms with Crippen molar-refractivity contribution in [1.29, 1.82) is 0 Å². The van der Waals surface area contributed by atoms with Gasteiger partial charge >= 0.3 is 0 Å². The second kappa shape index (κ2) is 8.57. The van der Waals surface area contributed by atoms with Gasteiger partial charge in [-0.1, -0.05) is 6.07 Å². The highest BCUT2D eigenvalue weighted by Gasteiger charge is 2.18. The number of aromatic nitrogens is 1. The van der Waals surface area contributed by atoms with Gasteiger partial charge in [-0.15, -0.1) is 11.3 Å². The molecule has 0 radical (unpaired) electrons. The number of halogens is 1. The van der Waals surface area contributed by atoms with Gasteiger partial charge in [-0.2, -0.15) is 0 Å². The lowest BCUT2D eigenvalue weighted by Crippen LogP contribution is -2.45. The van der Waals surface area contributed by atoms with E-state index < -0.39 is 0 Å². The number of methoxy groups -OCH3 is 1. The van der Waals surface area contributed by atoms with Crippen LogP contribution in [0.1, 0.15) is 18.2 Å². The summed E-state index contributed by atoms with van der Waals surface area (Å²) in [6.07, 6.45) is 0. The van der Waals surface area contributed by atoms with Crippen molar-refractivity contribution in [1.82, 2.24) is 14.8 Å². The van der Waals surface area contributed by atoms with E-state index in [1.165, 1.54) is 25.4 Å². The van der Waals surface area contributed by atoms with E-state index in [2.05, 4.69) is 20.1 Å². The Labute approximate surface area is 156 Å². The molecule has 26 heavy (non-hydrogen) atoms. The molecule has 1 saturated heterocycles. The third kappa shape index (κ3) is 5.00. The normalized spacial score (nSPS) is 15.8. The molecule has 140 valence electrons. The molecule has 0 spiro atoms. The van der Waals surface area contributed by atoms with E-state index in [0.29, 0.717) is 5.13 Å². The van der Waals surface area contributed by atoms with Crippen LogP contribution in [-0.2, 0) is 17.9 Å². The maximum absolute atomic E-state index is 13.8. The summed E-state index contributed by atoms with van der Waals surface area (Å²) in [5.41, 5.74) is 1.93. The molecule has 1 aliphatic rings. The van der Waals surface area contributed by atoms with Crippen molar-refractivity contribution in [2.45, 2.75) is 20.0 Å². The third-order valence-electron chi connectivity index (χ3n) is 4.31. The van der Waals surface area contributed by atoms with Gasteiger partial charge < -0.3 is 10.1 Å². The van der Waals surface area contributed by atoms with E-state index in [1.807, 2.05) is 11.4 Å². The first-order chi connectivity index (χ1) is 12.5. The SMILES string of the molecule is COc1ccc(CN2CCN(Cc3csc(NC(C)=O)n3)CC2)cc1F. The molecule has 1 aliphatic heterocycles. The van der Waals surface area contributed by atoms with Gasteiger partial charge in [0.1, 0.15) is 0 Å². The van der Waals surface area contributed by atoms with Crippen LogP contribution in [0.25, 0.3) is 0 Å². The third-order valence-corrected chi connectivity index (χ3v) is 5.11. The fourth-order valence-electron chi connectivity index (χ4n) is 2.99. The zero-order chi connectivity index (χ0) is 18.5. The van der Waals surface area contributed by atoms with Crippen LogP contribution in [0.15, 0.2) is 23.6 Å². The number of amides is 1. The number of carbonyl (C=O) groups is 1. The molecule has 1 fully saturated rings. The molecule has 1 aromatic carbocycles. The molecule has 3 rings (SSSR count). The standard InChI is InChI=1S/C18H23FN4O2S/c1-13(24)20-18-21-15(12-26-18)11-23-7-5-22(6-8-23)10-14-3-4-17(25-2)16(19)9-14/h3-4,9,12H,5-8,10-11H2,1-2H3,(H,20,21,24). The summed E-state index contributed by atoms with van der Waals surface area (Å²) in [7, 11) is 1.47. The maximum Gasteiger partial charge on any atom is 0.223 e. The number of nitrogens with one attached hydrogen (secondary N) is 1. The van der Waals surface area contributed by atoms with Crippen molar-refractivity contribution in [2.24, 2.45) is 0 Å². The van der Waals surface area contributed by atoms with Crippen molar-refractivity contribution >= 4 is 22.4 Å². The molecule has 1 aromatic heterocycles. The van der Waals surface area contributed by atoms with Gasteiger partial charge in [0.05, 0.1) is 12.8 Å². The number of rotatable bonds is 6.